The van der Waals surface area contributed by atoms with Crippen LogP contribution in [0, 0.1) is 0 Å². The summed E-state index contributed by atoms with van der Waals surface area (Å²) < 4.78 is 5.19. The number of hydrogen-bond acceptors (Lipinski definition) is 4. The minimum absolute atomic E-state index is 0.0804. The minimum atomic E-state index is -0.228. The van der Waals surface area contributed by atoms with Crippen LogP contribution in [0.15, 0.2) is 59.7 Å². The van der Waals surface area contributed by atoms with Gasteiger partial charge in [-0.25, -0.2) is 5.43 Å². The SMILES string of the molecule is COc1ccccc1NC(=O)C/C(C)=N\NC(=O)CCc1ccccc1. The Hall–Kier alpha value is -3.15. The van der Waals surface area contributed by atoms with E-state index in [1.54, 1.807) is 26.2 Å². The lowest BCUT2D eigenvalue weighted by Gasteiger charge is -2.09. The first kappa shape index (κ1) is 19.2. The quantitative estimate of drug-likeness (QED) is 0.565. The first-order valence-corrected chi connectivity index (χ1v) is 8.37. The Balaban J connectivity index is 1.78. The molecule has 0 saturated heterocycles. The molecular formula is C20H23N3O3. The minimum Gasteiger partial charge on any atom is -0.495 e. The molecule has 0 aliphatic rings. The van der Waals surface area contributed by atoms with Crippen molar-refractivity contribution in [2.75, 3.05) is 12.4 Å². The van der Waals surface area contributed by atoms with Crippen LogP contribution in [0.25, 0.3) is 0 Å². The molecule has 136 valence electrons. The fraction of sp³-hybridized carbons (Fsp3) is 0.250. The lowest BCUT2D eigenvalue weighted by Crippen LogP contribution is -2.21. The lowest BCUT2D eigenvalue weighted by molar-refractivity contribution is -0.121. The number of amides is 2. The number of carbonyl (C=O) groups excluding carboxylic acids is 2. The molecule has 26 heavy (non-hydrogen) atoms. The first-order chi connectivity index (χ1) is 12.6. The first-order valence-electron chi connectivity index (χ1n) is 8.37. The Bertz CT molecular complexity index is 773. The highest BCUT2D eigenvalue weighted by atomic mass is 16.5. The van der Waals surface area contributed by atoms with Gasteiger partial charge in [-0.05, 0) is 31.0 Å². The number of nitrogens with zero attached hydrogens (tertiary/aromatic N) is 1. The summed E-state index contributed by atoms with van der Waals surface area (Å²) >= 11 is 0. The number of benzene rings is 2. The summed E-state index contributed by atoms with van der Waals surface area (Å²) in [7, 11) is 1.54. The van der Waals surface area contributed by atoms with Crippen molar-refractivity contribution in [3.63, 3.8) is 0 Å². The molecule has 0 spiro atoms. The van der Waals surface area contributed by atoms with Gasteiger partial charge in [0.1, 0.15) is 5.75 Å². The Morgan fingerprint density at radius 2 is 1.69 bits per heavy atom. The number of anilines is 1. The molecule has 0 saturated carbocycles. The Morgan fingerprint density at radius 1 is 1.00 bits per heavy atom. The largest absolute Gasteiger partial charge is 0.495 e. The number of carbonyl (C=O) groups is 2. The van der Waals surface area contributed by atoms with Gasteiger partial charge < -0.3 is 10.1 Å². The van der Waals surface area contributed by atoms with Crippen molar-refractivity contribution >= 4 is 23.2 Å². The monoisotopic (exact) mass is 353 g/mol. The molecule has 0 aliphatic heterocycles. The van der Waals surface area contributed by atoms with E-state index in [9.17, 15) is 9.59 Å². The molecule has 0 aromatic heterocycles. The topological polar surface area (TPSA) is 79.8 Å². The van der Waals surface area contributed by atoms with Crippen LogP contribution in [-0.2, 0) is 16.0 Å². The number of nitrogens with one attached hydrogen (secondary N) is 2. The van der Waals surface area contributed by atoms with Crippen LogP contribution in [0.5, 0.6) is 5.75 Å². The van der Waals surface area contributed by atoms with Crippen molar-refractivity contribution in [2.45, 2.75) is 26.2 Å². The molecule has 0 heterocycles. The number of para-hydroxylation sites is 2. The van der Waals surface area contributed by atoms with Crippen LogP contribution < -0.4 is 15.5 Å². The third kappa shape index (κ3) is 6.39. The summed E-state index contributed by atoms with van der Waals surface area (Å²) in [5, 5.41) is 6.75. The Kier molecular flexibility index (Phi) is 7.36. The van der Waals surface area contributed by atoms with E-state index in [0.717, 1.165) is 5.56 Å². The lowest BCUT2D eigenvalue weighted by atomic mass is 10.1. The van der Waals surface area contributed by atoms with E-state index in [1.807, 2.05) is 42.5 Å². The van der Waals surface area contributed by atoms with Gasteiger partial charge in [0.15, 0.2) is 0 Å². The number of ether oxygens (including phenoxy) is 1. The summed E-state index contributed by atoms with van der Waals surface area (Å²) in [6.45, 7) is 1.69. The van der Waals surface area contributed by atoms with Gasteiger partial charge in [-0.15, -0.1) is 0 Å². The molecule has 6 nitrogen and oxygen atoms in total. The van der Waals surface area contributed by atoms with Gasteiger partial charge in [0, 0.05) is 12.1 Å². The van der Waals surface area contributed by atoms with Crippen LogP contribution in [0.2, 0.25) is 0 Å². The predicted octanol–water partition coefficient (Wildman–Crippen LogP) is 3.15. The molecule has 0 fully saturated rings. The van der Waals surface area contributed by atoms with Gasteiger partial charge in [-0.3, -0.25) is 9.59 Å². The van der Waals surface area contributed by atoms with E-state index in [4.69, 9.17) is 4.74 Å². The number of rotatable bonds is 8. The second-order valence-electron chi connectivity index (χ2n) is 5.79. The number of aryl methyl sites for hydroxylation is 1. The summed E-state index contributed by atoms with van der Waals surface area (Å²) in [4.78, 5) is 23.9. The Labute approximate surface area is 153 Å². The summed E-state index contributed by atoms with van der Waals surface area (Å²) in [6.07, 6.45) is 1.07. The smallest absolute Gasteiger partial charge is 0.240 e. The van der Waals surface area contributed by atoms with E-state index in [1.165, 1.54) is 0 Å². The molecule has 0 aliphatic carbocycles. The van der Waals surface area contributed by atoms with E-state index >= 15 is 0 Å². The van der Waals surface area contributed by atoms with Gasteiger partial charge in [0.05, 0.1) is 19.2 Å². The molecule has 2 aromatic carbocycles. The molecule has 2 rings (SSSR count). The molecule has 2 N–H and O–H groups in total. The zero-order valence-corrected chi connectivity index (χ0v) is 15.0. The number of methoxy groups -OCH3 is 1. The molecule has 0 atom stereocenters. The predicted molar refractivity (Wildman–Crippen MR) is 102 cm³/mol. The second-order valence-corrected chi connectivity index (χ2v) is 5.79. The Morgan fingerprint density at radius 3 is 2.42 bits per heavy atom. The molecule has 2 amide bonds. The third-order valence-electron chi connectivity index (χ3n) is 3.65. The fourth-order valence-corrected chi connectivity index (χ4v) is 2.33. The fourth-order valence-electron chi connectivity index (χ4n) is 2.33. The molecule has 0 unspecified atom stereocenters. The maximum absolute atomic E-state index is 12.1. The van der Waals surface area contributed by atoms with Gasteiger partial charge in [-0.1, -0.05) is 42.5 Å². The molecular weight excluding hydrogens is 330 g/mol. The van der Waals surface area contributed by atoms with Crippen molar-refractivity contribution in [3.8, 4) is 5.75 Å². The van der Waals surface area contributed by atoms with Crippen molar-refractivity contribution in [1.82, 2.24) is 5.43 Å². The maximum atomic E-state index is 12.1. The van der Waals surface area contributed by atoms with Crippen molar-refractivity contribution in [2.24, 2.45) is 5.10 Å². The van der Waals surface area contributed by atoms with Crippen LogP contribution in [0.3, 0.4) is 0 Å². The maximum Gasteiger partial charge on any atom is 0.240 e. The van der Waals surface area contributed by atoms with Gasteiger partial charge in [-0.2, -0.15) is 5.10 Å². The zero-order chi connectivity index (χ0) is 18.8. The number of hydrogen-bond donors (Lipinski definition) is 2. The molecule has 6 heteroatoms. The highest BCUT2D eigenvalue weighted by Crippen LogP contribution is 2.23. The molecule has 0 bridgehead atoms. The van der Waals surface area contributed by atoms with E-state index in [2.05, 4.69) is 15.8 Å². The third-order valence-corrected chi connectivity index (χ3v) is 3.65. The average molecular weight is 353 g/mol. The average Bonchev–Trinajstić information content (AvgIpc) is 2.66. The normalized spacial score (nSPS) is 10.9. The van der Waals surface area contributed by atoms with E-state index in [-0.39, 0.29) is 18.2 Å². The highest BCUT2D eigenvalue weighted by molar-refractivity contribution is 6.06. The van der Waals surface area contributed by atoms with Crippen LogP contribution in [-0.4, -0.2) is 24.6 Å². The van der Waals surface area contributed by atoms with Crippen LogP contribution in [0.1, 0.15) is 25.3 Å². The zero-order valence-electron chi connectivity index (χ0n) is 15.0. The standard InChI is InChI=1S/C20H23N3O3/c1-15(14-20(25)21-17-10-6-7-11-18(17)26-2)22-23-19(24)13-12-16-8-4-3-5-9-16/h3-11H,12-14H2,1-2H3,(H,21,25)(H,23,24)/b22-15-. The summed E-state index contributed by atoms with van der Waals surface area (Å²) in [6, 6.07) is 16.9. The highest BCUT2D eigenvalue weighted by Gasteiger charge is 2.08. The van der Waals surface area contributed by atoms with Crippen LogP contribution in [0.4, 0.5) is 5.69 Å². The van der Waals surface area contributed by atoms with Crippen molar-refractivity contribution in [1.29, 1.82) is 0 Å². The van der Waals surface area contributed by atoms with E-state index < -0.39 is 0 Å². The van der Waals surface area contributed by atoms with Gasteiger partial charge >= 0.3 is 0 Å². The van der Waals surface area contributed by atoms with Crippen molar-refractivity contribution < 1.29 is 14.3 Å². The number of hydrazone groups is 1. The van der Waals surface area contributed by atoms with Gasteiger partial charge in [0.25, 0.3) is 0 Å². The van der Waals surface area contributed by atoms with Crippen molar-refractivity contribution in [3.05, 3.63) is 60.2 Å². The molecule has 0 radical (unpaired) electrons. The summed E-state index contributed by atoms with van der Waals surface area (Å²) in [5.74, 6) is 0.178. The summed E-state index contributed by atoms with van der Waals surface area (Å²) in [5.41, 5.74) is 4.70. The van der Waals surface area contributed by atoms with Gasteiger partial charge in [0.2, 0.25) is 11.8 Å². The second kappa shape index (κ2) is 9.98. The van der Waals surface area contributed by atoms with E-state index in [0.29, 0.717) is 30.0 Å². The molecule has 2 aromatic rings. The van der Waals surface area contributed by atoms with Crippen LogP contribution >= 0.6 is 0 Å².